The second-order valence-corrected chi connectivity index (χ2v) is 10.2. The Balaban J connectivity index is 1.25. The lowest BCUT2D eigenvalue weighted by Gasteiger charge is -2.17. The Labute approximate surface area is 256 Å². The summed E-state index contributed by atoms with van der Waals surface area (Å²) in [6.07, 6.45) is 6.39. The number of allylic oxidation sites excluding steroid dienone is 3. The van der Waals surface area contributed by atoms with Crippen molar-refractivity contribution in [3.63, 3.8) is 0 Å². The molecule has 10 nitrogen and oxygen atoms in total. The summed E-state index contributed by atoms with van der Waals surface area (Å²) in [5, 5.41) is 17.7. The first kappa shape index (κ1) is 31.7. The van der Waals surface area contributed by atoms with E-state index < -0.39 is 12.0 Å². The van der Waals surface area contributed by atoms with Gasteiger partial charge in [-0.1, -0.05) is 67.6 Å². The topological polar surface area (TPSA) is 135 Å². The second-order valence-electron chi connectivity index (χ2n) is 10.2. The van der Waals surface area contributed by atoms with Gasteiger partial charge in [0.15, 0.2) is 0 Å². The van der Waals surface area contributed by atoms with Crippen molar-refractivity contribution in [2.45, 2.75) is 20.0 Å². The van der Waals surface area contributed by atoms with Crippen LogP contribution in [0.25, 0.3) is 0 Å². The molecule has 1 unspecified atom stereocenters. The minimum atomic E-state index is -0.694. The molecule has 44 heavy (non-hydrogen) atoms. The number of benzene rings is 3. The maximum absolute atomic E-state index is 13.2. The summed E-state index contributed by atoms with van der Waals surface area (Å²) in [7, 11) is 0. The lowest BCUT2D eigenvalue weighted by Crippen LogP contribution is -2.36. The molecule has 0 aliphatic heterocycles. The van der Waals surface area contributed by atoms with Gasteiger partial charge in [-0.05, 0) is 53.8 Å². The average molecular weight is 600 g/mol. The number of carbonyl (C=O) groups is 3. The molecule has 0 spiro atoms. The number of carbonyl (C=O) groups excluding carboxylic acids is 3. The lowest BCUT2D eigenvalue weighted by molar-refractivity contribution is 0.0931. The van der Waals surface area contributed by atoms with Crippen LogP contribution < -0.4 is 25.4 Å². The Morgan fingerprint density at radius 3 is 2.34 bits per heavy atom. The molecule has 0 radical (unpaired) electrons. The van der Waals surface area contributed by atoms with E-state index in [9.17, 15) is 19.5 Å². The fourth-order valence-electron chi connectivity index (χ4n) is 4.41. The van der Waals surface area contributed by atoms with Gasteiger partial charge in [-0.3, -0.25) is 9.59 Å². The van der Waals surface area contributed by atoms with E-state index in [1.165, 1.54) is 12.1 Å². The van der Waals surface area contributed by atoms with Gasteiger partial charge in [0.25, 0.3) is 11.8 Å². The molecule has 1 atom stereocenters. The third-order valence-electron chi connectivity index (χ3n) is 6.66. The minimum absolute atomic E-state index is 0.0644. The van der Waals surface area contributed by atoms with Crippen molar-refractivity contribution >= 4 is 17.9 Å². The molecule has 0 aromatic heterocycles. The first-order chi connectivity index (χ1) is 21.4. The predicted octanol–water partition coefficient (Wildman–Crippen LogP) is 4.76. The molecule has 10 heteroatoms. The molecule has 4 rings (SSSR count). The van der Waals surface area contributed by atoms with Gasteiger partial charge in [0.05, 0.1) is 17.7 Å². The fourth-order valence-corrected chi connectivity index (χ4v) is 4.41. The van der Waals surface area contributed by atoms with Gasteiger partial charge in [0.2, 0.25) is 0 Å². The van der Waals surface area contributed by atoms with E-state index in [0.29, 0.717) is 36.2 Å². The van der Waals surface area contributed by atoms with Gasteiger partial charge in [0.1, 0.15) is 37.1 Å². The molecular formula is C34H37N3O7. The number of rotatable bonds is 14. The van der Waals surface area contributed by atoms with Gasteiger partial charge >= 0.3 is 6.09 Å². The van der Waals surface area contributed by atoms with Crippen molar-refractivity contribution in [3.8, 4) is 17.2 Å². The normalized spacial score (nSPS) is 13.8. The monoisotopic (exact) mass is 599 g/mol. The first-order valence-electron chi connectivity index (χ1n) is 14.4. The fraction of sp³-hybridized carbons (Fsp3) is 0.265. The summed E-state index contributed by atoms with van der Waals surface area (Å²) in [5.41, 5.74) is 2.59. The third kappa shape index (κ3) is 9.94. The maximum Gasteiger partial charge on any atom is 0.407 e. The smallest absolute Gasteiger partial charge is 0.407 e. The zero-order chi connectivity index (χ0) is 31.1. The molecule has 3 amide bonds. The molecule has 1 aliphatic carbocycles. The molecule has 3 aromatic carbocycles. The zero-order valence-electron chi connectivity index (χ0n) is 24.6. The van der Waals surface area contributed by atoms with E-state index in [-0.39, 0.29) is 43.5 Å². The molecular weight excluding hydrogens is 562 g/mol. The summed E-state index contributed by atoms with van der Waals surface area (Å²) in [6, 6.07) is 21.0. The molecule has 1 aliphatic rings. The summed E-state index contributed by atoms with van der Waals surface area (Å²) in [6.45, 7) is 3.10. The summed E-state index contributed by atoms with van der Waals surface area (Å²) in [4.78, 5) is 37.3. The van der Waals surface area contributed by atoms with Crippen LogP contribution in [-0.2, 0) is 11.3 Å². The number of alkyl carbamates (subject to hydrolysis) is 1. The number of ether oxygens (including phenoxy) is 3. The lowest BCUT2D eigenvalue weighted by atomic mass is 9.96. The number of phenols is 1. The van der Waals surface area contributed by atoms with Crippen LogP contribution in [0.5, 0.6) is 17.2 Å². The van der Waals surface area contributed by atoms with Gasteiger partial charge in [-0.15, -0.1) is 0 Å². The highest BCUT2D eigenvalue weighted by atomic mass is 16.5. The van der Waals surface area contributed by atoms with E-state index in [0.717, 1.165) is 17.6 Å². The highest BCUT2D eigenvalue weighted by molar-refractivity contribution is 5.97. The first-order valence-corrected chi connectivity index (χ1v) is 14.4. The number of para-hydroxylation sites is 1. The van der Waals surface area contributed by atoms with Crippen molar-refractivity contribution in [2.75, 3.05) is 32.8 Å². The van der Waals surface area contributed by atoms with Crippen LogP contribution in [0, 0.1) is 5.92 Å². The van der Waals surface area contributed by atoms with Crippen LogP contribution in [0.4, 0.5) is 4.79 Å². The summed E-state index contributed by atoms with van der Waals surface area (Å²) >= 11 is 0. The number of nitrogens with one attached hydrogen (secondary N) is 3. The van der Waals surface area contributed by atoms with Gasteiger partial charge < -0.3 is 35.3 Å². The van der Waals surface area contributed by atoms with Gasteiger partial charge in [0, 0.05) is 13.1 Å². The van der Waals surface area contributed by atoms with Crippen LogP contribution in [0.2, 0.25) is 0 Å². The molecule has 0 saturated carbocycles. The number of amides is 3. The van der Waals surface area contributed by atoms with Gasteiger partial charge in [-0.25, -0.2) is 4.79 Å². The third-order valence-corrected chi connectivity index (χ3v) is 6.66. The van der Waals surface area contributed by atoms with Crippen molar-refractivity contribution in [3.05, 3.63) is 113 Å². The predicted molar refractivity (Wildman–Crippen MR) is 166 cm³/mol. The molecule has 230 valence electrons. The highest BCUT2D eigenvalue weighted by Crippen LogP contribution is 2.27. The Bertz CT molecular complexity index is 1490. The molecule has 3 aromatic rings. The van der Waals surface area contributed by atoms with Crippen molar-refractivity contribution in [1.29, 1.82) is 0 Å². The second kappa shape index (κ2) is 16.4. The highest BCUT2D eigenvalue weighted by Gasteiger charge is 2.16. The Morgan fingerprint density at radius 1 is 0.818 bits per heavy atom. The van der Waals surface area contributed by atoms with E-state index in [2.05, 4.69) is 29.0 Å². The maximum atomic E-state index is 13.2. The van der Waals surface area contributed by atoms with Crippen LogP contribution in [-0.4, -0.2) is 55.9 Å². The zero-order valence-corrected chi connectivity index (χ0v) is 24.6. The standard InChI is InChI=1S/C34H37N3O7/c1-24-8-7-11-26(20-24)23-44-31-15-14-27(43-22-25-9-3-2-4-10-25)21-29(31)33(40)35-16-17-37-34(41)42-19-18-36-32(39)28-12-5-6-13-30(28)38/h2-15,21,24,38H,16-20,22-23H2,1H3,(H,35,40)(H,36,39)(H,37,41). The molecule has 4 N–H and O–H groups in total. The van der Waals surface area contributed by atoms with Crippen molar-refractivity contribution in [2.24, 2.45) is 5.92 Å². The van der Waals surface area contributed by atoms with Crippen LogP contribution >= 0.6 is 0 Å². The Kier molecular flexibility index (Phi) is 11.8. The Hall–Kier alpha value is -5.25. The molecule has 0 fully saturated rings. The molecule has 0 heterocycles. The summed E-state index contributed by atoms with van der Waals surface area (Å²) in [5.74, 6) is 0.390. The van der Waals surface area contributed by atoms with E-state index in [1.807, 2.05) is 42.5 Å². The van der Waals surface area contributed by atoms with Crippen LogP contribution in [0.15, 0.2) is 96.6 Å². The van der Waals surface area contributed by atoms with Gasteiger partial charge in [-0.2, -0.15) is 0 Å². The number of hydrogen-bond acceptors (Lipinski definition) is 7. The average Bonchev–Trinajstić information content (AvgIpc) is 3.04. The number of hydrogen-bond donors (Lipinski definition) is 4. The molecule has 0 bridgehead atoms. The van der Waals surface area contributed by atoms with Crippen LogP contribution in [0.3, 0.4) is 0 Å². The van der Waals surface area contributed by atoms with Crippen LogP contribution in [0.1, 0.15) is 39.6 Å². The van der Waals surface area contributed by atoms with E-state index in [4.69, 9.17) is 14.2 Å². The Morgan fingerprint density at radius 2 is 1.55 bits per heavy atom. The van der Waals surface area contributed by atoms with E-state index in [1.54, 1.807) is 30.3 Å². The quantitative estimate of drug-likeness (QED) is 0.196. The SMILES string of the molecule is CC1C=CC=C(COc2ccc(OCc3ccccc3)cc2C(=O)NCCNC(=O)OCCNC(=O)c2ccccc2O)C1. The summed E-state index contributed by atoms with van der Waals surface area (Å²) < 4.78 is 17.0. The number of aromatic hydroxyl groups is 1. The van der Waals surface area contributed by atoms with Crippen molar-refractivity contribution in [1.82, 2.24) is 16.0 Å². The van der Waals surface area contributed by atoms with E-state index >= 15 is 0 Å². The largest absolute Gasteiger partial charge is 0.507 e. The minimum Gasteiger partial charge on any atom is -0.507 e. The molecule has 0 saturated heterocycles. The number of phenolic OH excluding ortho intramolecular Hbond substituents is 1. The van der Waals surface area contributed by atoms with Crippen molar-refractivity contribution < 1.29 is 33.7 Å².